The van der Waals surface area contributed by atoms with Gasteiger partial charge in [-0.05, 0) is 24.1 Å². The number of ether oxygens (including phenoxy) is 4. The van der Waals surface area contributed by atoms with E-state index >= 15 is 0 Å². The number of methoxy groups -OCH3 is 3. The number of guanidine groups is 1. The lowest BCUT2D eigenvalue weighted by Crippen LogP contribution is -2.44. The predicted octanol–water partition coefficient (Wildman–Crippen LogP) is 3.29. The first kappa shape index (κ1) is 26.8. The van der Waals surface area contributed by atoms with Crippen LogP contribution in [0.1, 0.15) is 12.0 Å². The lowest BCUT2D eigenvalue weighted by atomic mass is 10.2. The maximum atomic E-state index is 5.61. The van der Waals surface area contributed by atoms with E-state index in [9.17, 15) is 0 Å². The molecule has 0 spiro atoms. The molecule has 0 bridgehead atoms. The molecule has 9 heteroatoms. The monoisotopic (exact) mass is 570 g/mol. The molecule has 8 nitrogen and oxygen atoms in total. The Morgan fingerprint density at radius 1 is 1.00 bits per heavy atom. The number of rotatable bonds is 10. The highest BCUT2D eigenvalue weighted by atomic mass is 127. The Kier molecular flexibility index (Phi) is 11.4. The fraction of sp³-hybridized carbons (Fsp3) is 0.458. The minimum atomic E-state index is 0. The first-order valence-electron chi connectivity index (χ1n) is 10.8. The summed E-state index contributed by atoms with van der Waals surface area (Å²) < 4.78 is 21.4. The summed E-state index contributed by atoms with van der Waals surface area (Å²) in [5, 5.41) is 6.93. The zero-order valence-electron chi connectivity index (χ0n) is 19.8. The van der Waals surface area contributed by atoms with Crippen molar-refractivity contribution in [3.63, 3.8) is 0 Å². The van der Waals surface area contributed by atoms with Gasteiger partial charge in [-0.25, -0.2) is 0 Å². The topological polar surface area (TPSA) is 76.6 Å². The molecule has 1 aliphatic rings. The maximum Gasteiger partial charge on any atom is 0.191 e. The normalized spacial score (nSPS) is 15.6. The van der Waals surface area contributed by atoms with Crippen LogP contribution in [0.4, 0.5) is 5.69 Å². The molecule has 2 N–H and O–H groups in total. The Morgan fingerprint density at radius 3 is 2.30 bits per heavy atom. The van der Waals surface area contributed by atoms with Gasteiger partial charge in [0.25, 0.3) is 0 Å². The van der Waals surface area contributed by atoms with Gasteiger partial charge >= 0.3 is 0 Å². The average molecular weight is 570 g/mol. The van der Waals surface area contributed by atoms with Crippen molar-refractivity contribution in [2.45, 2.75) is 19.0 Å². The third-order valence-electron chi connectivity index (χ3n) is 5.39. The second-order valence-corrected chi connectivity index (χ2v) is 7.56. The van der Waals surface area contributed by atoms with Crippen molar-refractivity contribution in [2.24, 2.45) is 4.99 Å². The molecule has 0 amide bonds. The Labute approximate surface area is 213 Å². The van der Waals surface area contributed by atoms with E-state index < -0.39 is 0 Å². The summed E-state index contributed by atoms with van der Waals surface area (Å²) in [6.45, 7) is 3.64. The smallest absolute Gasteiger partial charge is 0.191 e. The average Bonchev–Trinajstić information content (AvgIpc) is 3.31. The highest BCUT2D eigenvalue weighted by Crippen LogP contribution is 2.30. The van der Waals surface area contributed by atoms with Gasteiger partial charge in [0.2, 0.25) is 0 Å². The van der Waals surface area contributed by atoms with Crippen LogP contribution in [0.2, 0.25) is 0 Å². The molecule has 1 saturated heterocycles. The number of aliphatic imine (C=N–C) groups is 1. The lowest BCUT2D eigenvalue weighted by molar-refractivity contribution is 0.146. The molecule has 1 unspecified atom stereocenters. The highest BCUT2D eigenvalue weighted by Gasteiger charge is 2.24. The molecule has 182 valence electrons. The molecule has 1 aliphatic heterocycles. The van der Waals surface area contributed by atoms with E-state index in [0.29, 0.717) is 25.8 Å². The van der Waals surface area contributed by atoms with Crippen LogP contribution in [0.5, 0.6) is 17.2 Å². The molecule has 2 aromatic carbocycles. The van der Waals surface area contributed by atoms with E-state index in [1.165, 1.54) is 0 Å². The van der Waals surface area contributed by atoms with E-state index in [-0.39, 0.29) is 24.0 Å². The van der Waals surface area contributed by atoms with Crippen LogP contribution in [-0.4, -0.2) is 66.7 Å². The molecule has 3 rings (SSSR count). The van der Waals surface area contributed by atoms with Gasteiger partial charge in [0.05, 0.1) is 20.8 Å². The first-order chi connectivity index (χ1) is 15.6. The minimum Gasteiger partial charge on any atom is -0.497 e. The Balaban J connectivity index is 0.00000385. The zero-order valence-corrected chi connectivity index (χ0v) is 22.1. The van der Waals surface area contributed by atoms with Gasteiger partial charge < -0.3 is 34.5 Å². The predicted molar refractivity (Wildman–Crippen MR) is 143 cm³/mol. The number of nitrogens with one attached hydrogen (secondary N) is 2. The van der Waals surface area contributed by atoms with Crippen LogP contribution in [0.3, 0.4) is 0 Å². The first-order valence-corrected chi connectivity index (χ1v) is 10.8. The number of nitrogens with zero attached hydrogens (tertiary/aromatic N) is 2. The highest BCUT2D eigenvalue weighted by molar-refractivity contribution is 14.0. The standard InChI is InChI=1S/C24H34N4O4.HI/c1-25-24(26-16-18-5-7-21(8-6-18)32-12-11-29-2)27-19-9-10-28(17-19)20-13-22(30-3)15-23(14-20)31-4;/h5-8,13-15,19H,9-12,16-17H2,1-4H3,(H2,25,26,27);1H. The second-order valence-electron chi connectivity index (χ2n) is 7.56. The van der Waals surface area contributed by atoms with Gasteiger partial charge in [-0.2, -0.15) is 0 Å². The Bertz CT molecular complexity index is 857. The van der Waals surface area contributed by atoms with Crippen molar-refractivity contribution in [3.8, 4) is 17.2 Å². The summed E-state index contributed by atoms with van der Waals surface area (Å²) in [6, 6.07) is 14.3. The summed E-state index contributed by atoms with van der Waals surface area (Å²) in [5.41, 5.74) is 2.25. The molecule has 0 radical (unpaired) electrons. The third kappa shape index (κ3) is 8.15. The summed E-state index contributed by atoms with van der Waals surface area (Å²) >= 11 is 0. The van der Waals surface area contributed by atoms with Gasteiger partial charge in [-0.3, -0.25) is 4.99 Å². The van der Waals surface area contributed by atoms with Crippen molar-refractivity contribution in [1.82, 2.24) is 10.6 Å². The van der Waals surface area contributed by atoms with Crippen LogP contribution in [-0.2, 0) is 11.3 Å². The van der Waals surface area contributed by atoms with Crippen molar-refractivity contribution in [2.75, 3.05) is 59.6 Å². The molecule has 2 aromatic rings. The van der Waals surface area contributed by atoms with Gasteiger partial charge in [0.15, 0.2) is 5.96 Å². The van der Waals surface area contributed by atoms with E-state index in [0.717, 1.165) is 54.0 Å². The molecule has 0 aliphatic carbocycles. The number of hydrogen-bond donors (Lipinski definition) is 2. The number of hydrogen-bond acceptors (Lipinski definition) is 6. The zero-order chi connectivity index (χ0) is 22.8. The van der Waals surface area contributed by atoms with E-state index in [2.05, 4.69) is 32.7 Å². The molecular weight excluding hydrogens is 535 g/mol. The third-order valence-corrected chi connectivity index (χ3v) is 5.39. The van der Waals surface area contributed by atoms with Gasteiger partial charge in [-0.1, -0.05) is 12.1 Å². The van der Waals surface area contributed by atoms with Crippen LogP contribution in [0.15, 0.2) is 47.5 Å². The molecule has 0 saturated carbocycles. The number of halogens is 1. The van der Waals surface area contributed by atoms with Crippen molar-refractivity contribution >= 4 is 35.6 Å². The summed E-state index contributed by atoms with van der Waals surface area (Å²) in [5.74, 6) is 3.22. The van der Waals surface area contributed by atoms with Crippen LogP contribution in [0, 0.1) is 0 Å². The van der Waals surface area contributed by atoms with Crippen molar-refractivity contribution in [3.05, 3.63) is 48.0 Å². The second kappa shape index (κ2) is 14.0. The van der Waals surface area contributed by atoms with Crippen molar-refractivity contribution < 1.29 is 18.9 Å². The molecular formula is C24H35IN4O4. The number of benzene rings is 2. The quantitative estimate of drug-likeness (QED) is 0.197. The summed E-state index contributed by atoms with van der Waals surface area (Å²) in [7, 11) is 6.80. The van der Waals surface area contributed by atoms with E-state index in [1.54, 1.807) is 28.4 Å². The van der Waals surface area contributed by atoms with Gasteiger partial charge in [0, 0.05) is 63.7 Å². The fourth-order valence-electron chi connectivity index (χ4n) is 3.61. The van der Waals surface area contributed by atoms with Crippen LogP contribution < -0.4 is 29.7 Å². The molecule has 0 aromatic heterocycles. The largest absolute Gasteiger partial charge is 0.497 e. The molecule has 1 fully saturated rings. The fourth-order valence-corrected chi connectivity index (χ4v) is 3.61. The van der Waals surface area contributed by atoms with Crippen molar-refractivity contribution in [1.29, 1.82) is 0 Å². The maximum absolute atomic E-state index is 5.61. The number of anilines is 1. The summed E-state index contributed by atoms with van der Waals surface area (Å²) in [4.78, 5) is 6.72. The molecule has 1 heterocycles. The Morgan fingerprint density at radius 2 is 1.70 bits per heavy atom. The van der Waals surface area contributed by atoms with E-state index in [4.69, 9.17) is 18.9 Å². The lowest BCUT2D eigenvalue weighted by Gasteiger charge is -2.21. The SMILES string of the molecule is CN=C(NCc1ccc(OCCOC)cc1)NC1CCN(c2cc(OC)cc(OC)c2)C1.I. The van der Waals surface area contributed by atoms with Gasteiger partial charge in [-0.15, -0.1) is 24.0 Å². The van der Waals surface area contributed by atoms with E-state index in [1.807, 2.05) is 30.3 Å². The van der Waals surface area contributed by atoms with Crippen LogP contribution in [0.25, 0.3) is 0 Å². The summed E-state index contributed by atoms with van der Waals surface area (Å²) in [6.07, 6.45) is 1.02. The molecule has 1 atom stereocenters. The van der Waals surface area contributed by atoms with Crippen LogP contribution >= 0.6 is 24.0 Å². The van der Waals surface area contributed by atoms with Gasteiger partial charge in [0.1, 0.15) is 23.9 Å². The minimum absolute atomic E-state index is 0. The Hall–Kier alpha value is -2.40. The molecule has 33 heavy (non-hydrogen) atoms.